The first kappa shape index (κ1) is 13.7. The van der Waals surface area contributed by atoms with E-state index in [0.717, 1.165) is 30.5 Å². The van der Waals surface area contributed by atoms with Gasteiger partial charge in [-0.05, 0) is 30.5 Å². The molecule has 0 saturated heterocycles. The summed E-state index contributed by atoms with van der Waals surface area (Å²) in [5.74, 6) is -2.19. The minimum absolute atomic E-state index is 0.0803. The van der Waals surface area contributed by atoms with E-state index in [1.807, 2.05) is 30.3 Å². The van der Waals surface area contributed by atoms with Crippen molar-refractivity contribution >= 4 is 5.91 Å². The molecule has 0 atom stereocenters. The molecule has 1 saturated carbocycles. The molecule has 2 nitrogen and oxygen atoms in total. The van der Waals surface area contributed by atoms with E-state index in [-0.39, 0.29) is 6.04 Å². The molecule has 0 spiro atoms. The second-order valence-electron chi connectivity index (χ2n) is 5.25. The van der Waals surface area contributed by atoms with Crippen molar-refractivity contribution in [1.82, 2.24) is 4.90 Å². The Balaban J connectivity index is 1.89. The molecular weight excluding hydrogens is 272 g/mol. The van der Waals surface area contributed by atoms with Crippen LogP contribution in [0.3, 0.4) is 0 Å². The average Bonchev–Trinajstić information content (AvgIpc) is 3.30. The fourth-order valence-electron chi connectivity index (χ4n) is 2.38. The van der Waals surface area contributed by atoms with Crippen molar-refractivity contribution < 1.29 is 13.6 Å². The van der Waals surface area contributed by atoms with Crippen molar-refractivity contribution in [2.45, 2.75) is 25.4 Å². The van der Waals surface area contributed by atoms with Gasteiger partial charge in [0.05, 0.1) is 0 Å². The van der Waals surface area contributed by atoms with Gasteiger partial charge in [-0.1, -0.05) is 36.4 Å². The molecule has 4 heteroatoms. The number of hydrogen-bond acceptors (Lipinski definition) is 1. The molecule has 21 heavy (non-hydrogen) atoms. The Kier molecular flexibility index (Phi) is 3.69. The van der Waals surface area contributed by atoms with Crippen LogP contribution in [0.2, 0.25) is 0 Å². The molecule has 2 aromatic rings. The van der Waals surface area contributed by atoms with Gasteiger partial charge < -0.3 is 4.90 Å². The molecule has 0 aliphatic heterocycles. The Morgan fingerprint density at radius 3 is 2.19 bits per heavy atom. The van der Waals surface area contributed by atoms with Gasteiger partial charge >= 0.3 is 0 Å². The third-order valence-corrected chi connectivity index (χ3v) is 3.62. The first-order chi connectivity index (χ1) is 10.2. The highest BCUT2D eigenvalue weighted by Gasteiger charge is 2.35. The van der Waals surface area contributed by atoms with Crippen molar-refractivity contribution in [3.63, 3.8) is 0 Å². The lowest BCUT2D eigenvalue weighted by molar-refractivity contribution is 0.0720. The van der Waals surface area contributed by atoms with Gasteiger partial charge in [0.1, 0.15) is 17.2 Å². The lowest BCUT2D eigenvalue weighted by atomic mass is 10.1. The number of hydrogen-bond donors (Lipinski definition) is 0. The van der Waals surface area contributed by atoms with Crippen LogP contribution in [0.25, 0.3) is 0 Å². The molecule has 2 aromatic carbocycles. The van der Waals surface area contributed by atoms with Crippen LogP contribution in [0.1, 0.15) is 28.8 Å². The van der Waals surface area contributed by atoms with E-state index in [4.69, 9.17) is 0 Å². The molecule has 0 heterocycles. The van der Waals surface area contributed by atoms with E-state index in [1.54, 1.807) is 4.90 Å². The van der Waals surface area contributed by atoms with Gasteiger partial charge in [-0.15, -0.1) is 0 Å². The normalized spacial score (nSPS) is 14.0. The number of nitrogens with zero attached hydrogens (tertiary/aromatic N) is 1. The number of rotatable bonds is 4. The molecule has 108 valence electrons. The van der Waals surface area contributed by atoms with Gasteiger partial charge in [-0.3, -0.25) is 4.79 Å². The Morgan fingerprint density at radius 2 is 1.62 bits per heavy atom. The molecule has 0 N–H and O–H groups in total. The molecule has 0 unspecified atom stereocenters. The summed E-state index contributed by atoms with van der Waals surface area (Å²) in [4.78, 5) is 14.1. The first-order valence-corrected chi connectivity index (χ1v) is 6.95. The largest absolute Gasteiger partial charge is 0.331 e. The Morgan fingerprint density at radius 1 is 1.00 bits per heavy atom. The van der Waals surface area contributed by atoms with Gasteiger partial charge in [-0.25, -0.2) is 8.78 Å². The Hall–Kier alpha value is -2.23. The average molecular weight is 287 g/mol. The van der Waals surface area contributed by atoms with Crippen molar-refractivity contribution in [3.05, 3.63) is 71.3 Å². The highest BCUT2D eigenvalue weighted by Crippen LogP contribution is 2.30. The standard InChI is InChI=1S/C17H15F2NO/c18-14-7-4-8-15(19)16(14)17(21)20(13-9-10-13)11-12-5-2-1-3-6-12/h1-8,13H,9-11H2. The molecule has 1 amide bonds. The quantitative estimate of drug-likeness (QED) is 0.838. The van der Waals surface area contributed by atoms with Gasteiger partial charge in [0.15, 0.2) is 0 Å². The fourth-order valence-corrected chi connectivity index (χ4v) is 2.38. The summed E-state index contributed by atoms with van der Waals surface area (Å²) < 4.78 is 27.6. The third kappa shape index (κ3) is 2.94. The van der Waals surface area contributed by atoms with Crippen LogP contribution in [0.4, 0.5) is 8.78 Å². The minimum Gasteiger partial charge on any atom is -0.331 e. The molecule has 1 fully saturated rings. The van der Waals surface area contributed by atoms with E-state index >= 15 is 0 Å². The summed E-state index contributed by atoms with van der Waals surface area (Å²) >= 11 is 0. The summed E-state index contributed by atoms with van der Waals surface area (Å²) in [6.45, 7) is 0.373. The summed E-state index contributed by atoms with van der Waals surface area (Å²) in [6, 6.07) is 13.0. The molecule has 1 aliphatic carbocycles. The Bertz CT molecular complexity index is 633. The predicted molar refractivity (Wildman–Crippen MR) is 75.7 cm³/mol. The number of carbonyl (C=O) groups is 1. The molecule has 0 radical (unpaired) electrons. The smallest absolute Gasteiger partial charge is 0.260 e. The van der Waals surface area contributed by atoms with Crippen LogP contribution in [-0.2, 0) is 6.54 Å². The molecule has 0 aromatic heterocycles. The fraction of sp³-hybridized carbons (Fsp3) is 0.235. The Labute approximate surface area is 122 Å². The molecule has 0 bridgehead atoms. The number of halogens is 2. The molecule has 1 aliphatic rings. The maximum atomic E-state index is 13.8. The molecular formula is C17H15F2NO. The predicted octanol–water partition coefficient (Wildman–Crippen LogP) is 3.77. The van der Waals surface area contributed by atoms with E-state index in [9.17, 15) is 13.6 Å². The number of amides is 1. The van der Waals surface area contributed by atoms with Crippen LogP contribution in [0.5, 0.6) is 0 Å². The van der Waals surface area contributed by atoms with E-state index in [0.29, 0.717) is 6.54 Å². The number of benzene rings is 2. The van der Waals surface area contributed by atoms with Crippen molar-refractivity contribution in [2.75, 3.05) is 0 Å². The van der Waals surface area contributed by atoms with Crippen molar-refractivity contribution in [3.8, 4) is 0 Å². The van der Waals surface area contributed by atoms with Gasteiger partial charge in [0, 0.05) is 12.6 Å². The third-order valence-electron chi connectivity index (χ3n) is 3.62. The number of carbonyl (C=O) groups excluding carboxylic acids is 1. The zero-order valence-corrected chi connectivity index (χ0v) is 11.4. The van der Waals surface area contributed by atoms with Crippen LogP contribution >= 0.6 is 0 Å². The zero-order chi connectivity index (χ0) is 14.8. The van der Waals surface area contributed by atoms with Crippen LogP contribution in [-0.4, -0.2) is 16.8 Å². The summed E-state index contributed by atoms with van der Waals surface area (Å²) in [7, 11) is 0. The maximum Gasteiger partial charge on any atom is 0.260 e. The van der Waals surface area contributed by atoms with E-state index in [1.165, 1.54) is 6.07 Å². The van der Waals surface area contributed by atoms with E-state index < -0.39 is 23.1 Å². The summed E-state index contributed by atoms with van der Waals surface area (Å²) in [6.07, 6.45) is 1.77. The van der Waals surface area contributed by atoms with Crippen molar-refractivity contribution in [2.24, 2.45) is 0 Å². The van der Waals surface area contributed by atoms with E-state index in [2.05, 4.69) is 0 Å². The van der Waals surface area contributed by atoms with Gasteiger partial charge in [-0.2, -0.15) is 0 Å². The summed E-state index contributed by atoms with van der Waals surface area (Å²) in [5.41, 5.74) is 0.495. The minimum atomic E-state index is -0.807. The van der Waals surface area contributed by atoms with Crippen LogP contribution in [0.15, 0.2) is 48.5 Å². The second-order valence-corrected chi connectivity index (χ2v) is 5.25. The topological polar surface area (TPSA) is 20.3 Å². The monoisotopic (exact) mass is 287 g/mol. The maximum absolute atomic E-state index is 13.8. The van der Waals surface area contributed by atoms with Crippen LogP contribution < -0.4 is 0 Å². The van der Waals surface area contributed by atoms with Crippen LogP contribution in [0, 0.1) is 11.6 Å². The van der Waals surface area contributed by atoms with Gasteiger partial charge in [0.2, 0.25) is 0 Å². The second kappa shape index (κ2) is 5.64. The lowest BCUT2D eigenvalue weighted by Crippen LogP contribution is -2.33. The summed E-state index contributed by atoms with van der Waals surface area (Å²) in [5, 5.41) is 0. The zero-order valence-electron chi connectivity index (χ0n) is 11.4. The van der Waals surface area contributed by atoms with Gasteiger partial charge in [0.25, 0.3) is 5.91 Å². The SMILES string of the molecule is O=C(c1c(F)cccc1F)N(Cc1ccccc1)C1CC1. The molecule has 3 rings (SSSR count). The highest BCUT2D eigenvalue weighted by atomic mass is 19.1. The highest BCUT2D eigenvalue weighted by molar-refractivity contribution is 5.95. The lowest BCUT2D eigenvalue weighted by Gasteiger charge is -2.23. The first-order valence-electron chi connectivity index (χ1n) is 6.95. The van der Waals surface area contributed by atoms with Crippen molar-refractivity contribution in [1.29, 1.82) is 0 Å².